The molecule has 2 heterocycles. The zero-order valence-corrected chi connectivity index (χ0v) is 40.1. The lowest BCUT2D eigenvalue weighted by molar-refractivity contribution is -0.157. The summed E-state index contributed by atoms with van der Waals surface area (Å²) in [5.74, 6) is -1.57. The van der Waals surface area contributed by atoms with Crippen LogP contribution in [0.3, 0.4) is 0 Å². The number of aliphatic carboxylic acids is 1. The fraction of sp³-hybridized carbons (Fsp3) is 0.240. The number of carbonyl (C=O) groups is 2. The number of nitrogens with zero attached hydrogens (tertiary/aromatic N) is 3. The van der Waals surface area contributed by atoms with E-state index in [0.717, 1.165) is 41.6 Å². The quantitative estimate of drug-likeness (QED) is 0.119. The molecule has 4 atom stereocenters. The third-order valence-electron chi connectivity index (χ3n) is 11.4. The van der Waals surface area contributed by atoms with E-state index >= 15 is 0 Å². The van der Waals surface area contributed by atoms with Crippen molar-refractivity contribution < 1.29 is 24.9 Å². The number of halogens is 6. The molecule has 65 heavy (non-hydrogen) atoms. The van der Waals surface area contributed by atoms with Crippen LogP contribution >= 0.6 is 69.6 Å². The van der Waals surface area contributed by atoms with Crippen LogP contribution < -0.4 is 15.1 Å². The highest BCUT2D eigenvalue weighted by atomic mass is 35.5. The van der Waals surface area contributed by atoms with Gasteiger partial charge in [-0.3, -0.25) is 4.79 Å². The monoisotopic (exact) mass is 994 g/mol. The van der Waals surface area contributed by atoms with Crippen LogP contribution in [0.5, 0.6) is 0 Å². The number of piperazine rings is 2. The van der Waals surface area contributed by atoms with Crippen LogP contribution in [-0.2, 0) is 20.8 Å². The lowest BCUT2D eigenvalue weighted by Crippen LogP contribution is -2.55. The lowest BCUT2D eigenvalue weighted by Gasteiger charge is -2.45. The maximum absolute atomic E-state index is 13.4. The number of anilines is 2. The molecule has 1 amide bonds. The Kier molecular flexibility index (Phi) is 17.1. The Bertz CT molecular complexity index is 2530. The van der Waals surface area contributed by atoms with Crippen molar-refractivity contribution in [3.8, 4) is 0 Å². The second kappa shape index (κ2) is 22.3. The number of benzene rings is 6. The van der Waals surface area contributed by atoms with Crippen molar-refractivity contribution in [2.24, 2.45) is 0 Å². The molecule has 8 rings (SSSR count). The van der Waals surface area contributed by atoms with E-state index in [2.05, 4.69) is 27.2 Å². The molecule has 4 N–H and O–H groups in total. The van der Waals surface area contributed by atoms with Gasteiger partial charge in [-0.25, -0.2) is 4.79 Å². The number of nitrogens with one attached hydrogen (secondary N) is 1. The number of hydrogen-bond acceptors (Lipinski definition) is 7. The highest BCUT2D eigenvalue weighted by Crippen LogP contribution is 2.39. The number of amides is 1. The minimum absolute atomic E-state index is 0.171. The molecule has 0 radical (unpaired) electrons. The van der Waals surface area contributed by atoms with Gasteiger partial charge in [0.15, 0.2) is 11.2 Å². The van der Waals surface area contributed by atoms with Crippen molar-refractivity contribution in [2.45, 2.75) is 37.1 Å². The summed E-state index contributed by atoms with van der Waals surface area (Å²) in [6.07, 6.45) is 0. The van der Waals surface area contributed by atoms with Crippen LogP contribution in [0.25, 0.3) is 0 Å². The molecule has 0 saturated carbocycles. The Morgan fingerprint density at radius 1 is 0.554 bits per heavy atom. The summed E-state index contributed by atoms with van der Waals surface area (Å²) in [5, 5.41) is 36.5. The largest absolute Gasteiger partial charge is 0.479 e. The van der Waals surface area contributed by atoms with Crippen molar-refractivity contribution >= 4 is 92.9 Å². The first-order valence-electron chi connectivity index (χ1n) is 20.7. The summed E-state index contributed by atoms with van der Waals surface area (Å²) in [7, 11) is 0. The van der Waals surface area contributed by atoms with Gasteiger partial charge in [-0.2, -0.15) is 0 Å². The van der Waals surface area contributed by atoms with Gasteiger partial charge in [-0.05, 0) is 96.8 Å². The predicted molar refractivity (Wildman–Crippen MR) is 265 cm³/mol. The van der Waals surface area contributed by atoms with E-state index in [1.54, 1.807) is 72.5 Å². The van der Waals surface area contributed by atoms with Crippen LogP contribution in [0.2, 0.25) is 30.1 Å². The van der Waals surface area contributed by atoms with E-state index in [1.807, 2.05) is 72.8 Å². The fourth-order valence-corrected chi connectivity index (χ4v) is 9.00. The molecule has 340 valence electrons. The predicted octanol–water partition coefficient (Wildman–Crippen LogP) is 11.7. The van der Waals surface area contributed by atoms with Gasteiger partial charge in [0.1, 0.15) is 0 Å². The van der Waals surface area contributed by atoms with E-state index < -0.39 is 17.2 Å². The summed E-state index contributed by atoms with van der Waals surface area (Å²) in [6.45, 7) is 6.89. The molecular formula is C50H48Cl6N4O5. The number of rotatable bonds is 8. The van der Waals surface area contributed by atoms with Crippen LogP contribution in [0.1, 0.15) is 48.2 Å². The van der Waals surface area contributed by atoms with Gasteiger partial charge >= 0.3 is 5.97 Å². The second-order valence-electron chi connectivity index (χ2n) is 15.8. The van der Waals surface area contributed by atoms with Gasteiger partial charge in [-0.1, -0.05) is 155 Å². The first-order chi connectivity index (χ1) is 31.0. The van der Waals surface area contributed by atoms with Gasteiger partial charge in [-0.15, -0.1) is 0 Å². The molecule has 0 unspecified atom stereocenters. The lowest BCUT2D eigenvalue weighted by atomic mass is 9.93. The van der Waals surface area contributed by atoms with Crippen molar-refractivity contribution in [1.82, 2.24) is 10.2 Å². The standard InChI is InChI=1S/C25H23Cl3N2O2.C16H15Cl3N2.C9H10O3/c1-25(32,18-5-3-2-4-6-18)24(31)29-13-14-30(22-12-11-20(27)15-21(22)28)23(16-29)17-7-9-19(26)10-8-17;17-12-3-1-11(2-4-12)16-10-20-7-8-21(16)15-6-5-13(18)9-14(15)19;1-9(12,8(10)11)7-5-3-2-4-6-7/h2-12,15,23,32H,13-14,16H2,1H3;1-6,9,16,20H,7-8,10H2;2-6,12H,1H3,(H,10,11)/t23-,25-;16-;9-/m000/s1. The molecule has 0 aliphatic carbocycles. The topological polar surface area (TPSA) is 117 Å². The number of hydrogen-bond donors (Lipinski definition) is 4. The Morgan fingerprint density at radius 3 is 1.45 bits per heavy atom. The van der Waals surface area contributed by atoms with Crippen molar-refractivity contribution in [3.05, 3.63) is 198 Å². The van der Waals surface area contributed by atoms with E-state index in [0.29, 0.717) is 55.9 Å². The average Bonchev–Trinajstić information content (AvgIpc) is 3.30. The molecule has 0 aromatic heterocycles. The second-order valence-corrected chi connectivity index (χ2v) is 18.4. The third-order valence-corrected chi connectivity index (χ3v) is 12.9. The van der Waals surface area contributed by atoms with Gasteiger partial charge < -0.3 is 35.3 Å². The maximum Gasteiger partial charge on any atom is 0.340 e. The molecule has 6 aromatic carbocycles. The average molecular weight is 998 g/mol. The normalized spacial score (nSPS) is 17.9. The molecular weight excluding hydrogens is 949 g/mol. The summed E-state index contributed by atoms with van der Waals surface area (Å²) in [4.78, 5) is 30.2. The van der Waals surface area contributed by atoms with Gasteiger partial charge in [0.05, 0.1) is 33.5 Å². The molecule has 15 heteroatoms. The number of carbonyl (C=O) groups excluding carboxylic acids is 1. The first kappa shape index (κ1) is 49.9. The number of aliphatic hydroxyl groups is 2. The Labute approximate surface area is 409 Å². The zero-order valence-electron chi connectivity index (χ0n) is 35.5. The summed E-state index contributed by atoms with van der Waals surface area (Å²) < 4.78 is 0. The highest BCUT2D eigenvalue weighted by molar-refractivity contribution is 6.37. The van der Waals surface area contributed by atoms with E-state index in [4.69, 9.17) is 74.7 Å². The van der Waals surface area contributed by atoms with Crippen molar-refractivity contribution in [1.29, 1.82) is 0 Å². The Morgan fingerprint density at radius 2 is 0.985 bits per heavy atom. The first-order valence-corrected chi connectivity index (χ1v) is 23.0. The van der Waals surface area contributed by atoms with Crippen molar-refractivity contribution in [2.75, 3.05) is 49.1 Å². The van der Waals surface area contributed by atoms with E-state index in [9.17, 15) is 19.8 Å². The summed E-state index contributed by atoms with van der Waals surface area (Å²) >= 11 is 37.1. The molecule has 0 spiro atoms. The van der Waals surface area contributed by atoms with E-state index in [1.165, 1.54) is 12.5 Å². The highest BCUT2D eigenvalue weighted by Gasteiger charge is 2.40. The summed E-state index contributed by atoms with van der Waals surface area (Å²) in [5.41, 5.74) is 1.62. The van der Waals surface area contributed by atoms with Gasteiger partial charge in [0.25, 0.3) is 5.91 Å². The number of carboxylic acids is 1. The SMILES string of the molecule is C[C@@](O)(C(=O)N1CCN(c2ccc(Cl)cc2Cl)[C@H](c2ccc(Cl)cc2)C1)c1ccccc1.C[C@@](O)(C(=O)O)c1ccccc1.Clc1ccc([C@@H]2CNCCN2c2ccc(Cl)cc2Cl)cc1. The van der Waals surface area contributed by atoms with Crippen LogP contribution in [0.15, 0.2) is 146 Å². The van der Waals surface area contributed by atoms with Crippen LogP contribution in [0.4, 0.5) is 11.4 Å². The molecule has 2 aliphatic heterocycles. The maximum atomic E-state index is 13.4. The Hall–Kier alpha value is -4.52. The fourth-order valence-electron chi connectivity index (χ4n) is 7.71. The third kappa shape index (κ3) is 12.5. The minimum Gasteiger partial charge on any atom is -0.479 e. The Balaban J connectivity index is 0.000000181. The van der Waals surface area contributed by atoms with Crippen LogP contribution in [0, 0.1) is 0 Å². The molecule has 9 nitrogen and oxygen atoms in total. The smallest absolute Gasteiger partial charge is 0.340 e. The molecule has 0 bridgehead atoms. The van der Waals surface area contributed by atoms with E-state index in [-0.39, 0.29) is 18.0 Å². The number of carboxylic acid groups (broad SMARTS) is 1. The molecule has 6 aromatic rings. The zero-order chi connectivity index (χ0) is 46.9. The molecule has 2 saturated heterocycles. The van der Waals surface area contributed by atoms with Gasteiger partial charge in [0, 0.05) is 59.4 Å². The molecule has 2 aliphatic rings. The summed E-state index contributed by atoms with van der Waals surface area (Å²) in [6, 6.07) is 44.0. The minimum atomic E-state index is -1.79. The van der Waals surface area contributed by atoms with Crippen LogP contribution in [-0.4, -0.2) is 71.4 Å². The van der Waals surface area contributed by atoms with Gasteiger partial charge in [0.2, 0.25) is 0 Å². The molecule has 2 fully saturated rings. The van der Waals surface area contributed by atoms with Crippen molar-refractivity contribution in [3.63, 3.8) is 0 Å².